The second-order valence-corrected chi connectivity index (χ2v) is 5.56. The van der Waals surface area contributed by atoms with E-state index in [2.05, 4.69) is 25.6 Å². The van der Waals surface area contributed by atoms with Crippen LogP contribution in [0.5, 0.6) is 0 Å². The summed E-state index contributed by atoms with van der Waals surface area (Å²) in [5.41, 5.74) is 0.914. The zero-order valence-electron chi connectivity index (χ0n) is 13.8. The van der Waals surface area contributed by atoms with Gasteiger partial charge in [-0.05, 0) is 36.8 Å². The molecule has 0 unspecified atom stereocenters. The Hall–Kier alpha value is -3.55. The largest absolute Gasteiger partial charge is 0.478 e. The van der Waals surface area contributed by atoms with Crippen LogP contribution in [0.1, 0.15) is 28.9 Å². The molecular weight excluding hydrogens is 337 g/mol. The van der Waals surface area contributed by atoms with Crippen LogP contribution in [0.25, 0.3) is 0 Å². The molecule has 0 saturated carbocycles. The van der Waals surface area contributed by atoms with E-state index in [1.165, 1.54) is 42.9 Å². The van der Waals surface area contributed by atoms with E-state index in [0.717, 1.165) is 5.56 Å². The normalized spacial score (nSPS) is 11.6. The van der Waals surface area contributed by atoms with Gasteiger partial charge in [0, 0.05) is 18.4 Å². The highest BCUT2D eigenvalue weighted by Gasteiger charge is 2.12. The Morgan fingerprint density at radius 2 is 1.85 bits per heavy atom. The fourth-order valence-corrected chi connectivity index (χ4v) is 2.34. The highest BCUT2D eigenvalue weighted by molar-refractivity contribution is 5.89. The number of rotatable bonds is 6. The van der Waals surface area contributed by atoms with Crippen molar-refractivity contribution in [2.45, 2.75) is 13.0 Å². The zero-order chi connectivity index (χ0) is 18.5. The van der Waals surface area contributed by atoms with E-state index in [0.29, 0.717) is 17.5 Å². The molecule has 1 aromatic carbocycles. The molecule has 3 rings (SSSR count). The van der Waals surface area contributed by atoms with Gasteiger partial charge in [-0.15, -0.1) is 0 Å². The number of nitrogens with zero attached hydrogens (tertiary/aromatic N) is 3. The first kappa shape index (κ1) is 17.3. The number of carboxylic acids is 1. The standard InChI is InChI=1S/C18H16FN5O2/c1-11(12-2-4-14(19)5-3-12)22-15-8-13(18(25)26)9-16(23-15)24-17-10-20-6-7-21-17/h2-11H,1H3,(H,25,26)(H2,21,22,23,24)/t11-/m0/s1. The smallest absolute Gasteiger partial charge is 0.335 e. The number of benzene rings is 1. The molecule has 3 aromatic rings. The highest BCUT2D eigenvalue weighted by atomic mass is 19.1. The molecule has 26 heavy (non-hydrogen) atoms. The fourth-order valence-electron chi connectivity index (χ4n) is 2.34. The molecule has 0 fully saturated rings. The highest BCUT2D eigenvalue weighted by Crippen LogP contribution is 2.22. The lowest BCUT2D eigenvalue weighted by molar-refractivity contribution is 0.0697. The topological polar surface area (TPSA) is 100 Å². The van der Waals surface area contributed by atoms with Gasteiger partial charge in [0.1, 0.15) is 23.3 Å². The molecule has 8 heteroatoms. The van der Waals surface area contributed by atoms with Crippen molar-refractivity contribution in [1.29, 1.82) is 0 Å². The van der Waals surface area contributed by atoms with Crippen LogP contribution in [0.3, 0.4) is 0 Å². The Bertz CT molecular complexity index is 903. The monoisotopic (exact) mass is 353 g/mol. The van der Waals surface area contributed by atoms with E-state index in [1.54, 1.807) is 12.1 Å². The van der Waals surface area contributed by atoms with Gasteiger partial charge in [0.05, 0.1) is 11.8 Å². The number of anilines is 3. The molecule has 7 nitrogen and oxygen atoms in total. The lowest BCUT2D eigenvalue weighted by Crippen LogP contribution is -2.10. The minimum Gasteiger partial charge on any atom is -0.478 e. The fraction of sp³-hybridized carbons (Fsp3) is 0.111. The van der Waals surface area contributed by atoms with Crippen LogP contribution in [0.15, 0.2) is 55.0 Å². The van der Waals surface area contributed by atoms with Crippen molar-refractivity contribution in [3.8, 4) is 0 Å². The maximum Gasteiger partial charge on any atom is 0.335 e. The van der Waals surface area contributed by atoms with Gasteiger partial charge in [0.15, 0.2) is 0 Å². The van der Waals surface area contributed by atoms with E-state index in [9.17, 15) is 14.3 Å². The van der Waals surface area contributed by atoms with Crippen molar-refractivity contribution in [3.05, 3.63) is 71.9 Å². The number of halogens is 1. The molecule has 0 amide bonds. The Morgan fingerprint density at radius 3 is 2.50 bits per heavy atom. The molecule has 2 aromatic heterocycles. The van der Waals surface area contributed by atoms with Crippen molar-refractivity contribution >= 4 is 23.4 Å². The average molecular weight is 353 g/mol. The molecule has 0 aliphatic carbocycles. The summed E-state index contributed by atoms with van der Waals surface area (Å²) >= 11 is 0. The van der Waals surface area contributed by atoms with Crippen molar-refractivity contribution < 1.29 is 14.3 Å². The molecule has 0 radical (unpaired) electrons. The number of aromatic carboxylic acids is 1. The van der Waals surface area contributed by atoms with Crippen LogP contribution in [0.2, 0.25) is 0 Å². The second kappa shape index (κ2) is 7.56. The van der Waals surface area contributed by atoms with Crippen LogP contribution >= 0.6 is 0 Å². The molecule has 3 N–H and O–H groups in total. The van der Waals surface area contributed by atoms with Gasteiger partial charge in [-0.3, -0.25) is 4.98 Å². The lowest BCUT2D eigenvalue weighted by Gasteiger charge is -2.16. The molecule has 0 bridgehead atoms. The first-order valence-electron chi connectivity index (χ1n) is 7.81. The molecule has 1 atom stereocenters. The molecular formula is C18H16FN5O2. The summed E-state index contributed by atoms with van der Waals surface area (Å²) in [5, 5.41) is 15.4. The number of carbonyl (C=O) groups is 1. The molecule has 0 aliphatic heterocycles. The summed E-state index contributed by atoms with van der Waals surface area (Å²) in [7, 11) is 0. The Kier molecular flexibility index (Phi) is 5.02. The summed E-state index contributed by atoms with van der Waals surface area (Å²) in [4.78, 5) is 23.8. The van der Waals surface area contributed by atoms with Gasteiger partial charge in [0.2, 0.25) is 0 Å². The van der Waals surface area contributed by atoms with Gasteiger partial charge in [-0.25, -0.2) is 19.2 Å². The third kappa shape index (κ3) is 4.29. The Morgan fingerprint density at radius 1 is 1.12 bits per heavy atom. The number of nitrogens with one attached hydrogen (secondary N) is 2. The summed E-state index contributed by atoms with van der Waals surface area (Å²) in [6.45, 7) is 1.87. The average Bonchev–Trinajstić information content (AvgIpc) is 2.63. The van der Waals surface area contributed by atoms with Crippen LogP contribution in [0, 0.1) is 5.82 Å². The minimum absolute atomic E-state index is 0.0696. The Balaban J connectivity index is 1.85. The van der Waals surface area contributed by atoms with Crippen molar-refractivity contribution in [2.75, 3.05) is 10.6 Å². The summed E-state index contributed by atoms with van der Waals surface area (Å²) in [5.74, 6) is -0.262. The van der Waals surface area contributed by atoms with E-state index >= 15 is 0 Å². The first-order valence-corrected chi connectivity index (χ1v) is 7.81. The van der Waals surface area contributed by atoms with E-state index in [4.69, 9.17) is 0 Å². The van der Waals surface area contributed by atoms with Crippen LogP contribution in [0.4, 0.5) is 21.8 Å². The molecule has 0 aliphatic rings. The predicted molar refractivity (Wildman–Crippen MR) is 94.9 cm³/mol. The number of hydrogen-bond acceptors (Lipinski definition) is 6. The number of pyridine rings is 1. The number of aromatic nitrogens is 3. The van der Waals surface area contributed by atoms with E-state index in [-0.39, 0.29) is 17.4 Å². The van der Waals surface area contributed by atoms with Crippen LogP contribution < -0.4 is 10.6 Å². The quantitative estimate of drug-likeness (QED) is 0.622. The molecule has 132 valence electrons. The number of hydrogen-bond donors (Lipinski definition) is 3. The van der Waals surface area contributed by atoms with Gasteiger partial charge in [-0.2, -0.15) is 0 Å². The minimum atomic E-state index is -1.08. The third-order valence-corrected chi connectivity index (χ3v) is 3.63. The summed E-state index contributed by atoms with van der Waals surface area (Å²) in [6, 6.07) is 8.70. The Labute approximate surface area is 149 Å². The second-order valence-electron chi connectivity index (χ2n) is 5.56. The zero-order valence-corrected chi connectivity index (χ0v) is 13.8. The maximum atomic E-state index is 13.1. The van der Waals surface area contributed by atoms with Gasteiger partial charge >= 0.3 is 5.97 Å². The first-order chi connectivity index (χ1) is 12.5. The third-order valence-electron chi connectivity index (χ3n) is 3.63. The van der Waals surface area contributed by atoms with E-state index in [1.807, 2.05) is 6.92 Å². The maximum absolute atomic E-state index is 13.1. The molecule has 0 spiro atoms. The summed E-state index contributed by atoms with van der Waals surface area (Å²) < 4.78 is 13.1. The SMILES string of the molecule is C[C@H](Nc1cc(C(=O)O)cc(Nc2cnccn2)n1)c1ccc(F)cc1. The van der Waals surface area contributed by atoms with Crippen LogP contribution in [-0.2, 0) is 0 Å². The number of carboxylic acid groups (broad SMARTS) is 1. The van der Waals surface area contributed by atoms with Gasteiger partial charge < -0.3 is 15.7 Å². The summed E-state index contributed by atoms with van der Waals surface area (Å²) in [6.07, 6.45) is 4.55. The van der Waals surface area contributed by atoms with E-state index < -0.39 is 5.97 Å². The van der Waals surface area contributed by atoms with Crippen molar-refractivity contribution in [3.63, 3.8) is 0 Å². The van der Waals surface area contributed by atoms with Crippen molar-refractivity contribution in [1.82, 2.24) is 15.0 Å². The van der Waals surface area contributed by atoms with Gasteiger partial charge in [-0.1, -0.05) is 12.1 Å². The molecule has 2 heterocycles. The van der Waals surface area contributed by atoms with Crippen molar-refractivity contribution in [2.24, 2.45) is 0 Å². The molecule has 0 saturated heterocycles. The lowest BCUT2D eigenvalue weighted by atomic mass is 10.1. The predicted octanol–water partition coefficient (Wildman–Crippen LogP) is 3.63. The van der Waals surface area contributed by atoms with Crippen LogP contribution in [-0.4, -0.2) is 26.0 Å². The van der Waals surface area contributed by atoms with Gasteiger partial charge in [0.25, 0.3) is 0 Å².